The SMILES string of the molecule is CC(=O)c1cc2c(cc1C)C(=O)c1ccccc1C2=O. The minimum absolute atomic E-state index is 0.107. The normalized spacial score (nSPS) is 12.9. The fraction of sp³-hybridized carbons (Fsp3) is 0.118. The number of carbonyl (C=O) groups is 3. The van der Waals surface area contributed by atoms with Crippen LogP contribution < -0.4 is 0 Å². The molecule has 0 heterocycles. The van der Waals surface area contributed by atoms with E-state index >= 15 is 0 Å². The van der Waals surface area contributed by atoms with Gasteiger partial charge in [-0.3, -0.25) is 14.4 Å². The van der Waals surface area contributed by atoms with Gasteiger partial charge in [-0.05, 0) is 31.5 Å². The fourth-order valence-corrected chi connectivity index (χ4v) is 2.63. The zero-order valence-corrected chi connectivity index (χ0v) is 11.2. The van der Waals surface area contributed by atoms with E-state index in [0.29, 0.717) is 27.8 Å². The lowest BCUT2D eigenvalue weighted by Crippen LogP contribution is -2.21. The van der Waals surface area contributed by atoms with Gasteiger partial charge in [0.15, 0.2) is 17.3 Å². The van der Waals surface area contributed by atoms with Crippen LogP contribution in [0.5, 0.6) is 0 Å². The highest BCUT2D eigenvalue weighted by Crippen LogP contribution is 2.29. The lowest BCUT2D eigenvalue weighted by molar-refractivity contribution is 0.0977. The molecule has 0 bridgehead atoms. The lowest BCUT2D eigenvalue weighted by Gasteiger charge is -2.18. The van der Waals surface area contributed by atoms with E-state index in [4.69, 9.17) is 0 Å². The molecule has 2 aromatic rings. The first-order valence-electron chi connectivity index (χ1n) is 6.34. The monoisotopic (exact) mass is 264 g/mol. The summed E-state index contributed by atoms with van der Waals surface area (Å²) in [5.41, 5.74) is 2.75. The minimum atomic E-state index is -0.197. The topological polar surface area (TPSA) is 51.2 Å². The van der Waals surface area contributed by atoms with Gasteiger partial charge < -0.3 is 0 Å². The van der Waals surface area contributed by atoms with E-state index in [9.17, 15) is 14.4 Å². The summed E-state index contributed by atoms with van der Waals surface area (Å²) in [6, 6.07) is 9.96. The first-order chi connectivity index (χ1) is 9.50. The van der Waals surface area contributed by atoms with Crippen molar-refractivity contribution in [3.05, 3.63) is 69.8 Å². The summed E-state index contributed by atoms with van der Waals surface area (Å²) < 4.78 is 0. The molecule has 0 aromatic heterocycles. The van der Waals surface area contributed by atoms with Gasteiger partial charge >= 0.3 is 0 Å². The Balaban J connectivity index is 2.31. The standard InChI is InChI=1S/C17H12O3/c1-9-7-14-15(8-13(9)10(2)18)17(20)12-6-4-3-5-11(12)16(14)19/h3-8H,1-2H3. The van der Waals surface area contributed by atoms with Crippen LogP contribution >= 0.6 is 0 Å². The van der Waals surface area contributed by atoms with Gasteiger partial charge in [-0.2, -0.15) is 0 Å². The van der Waals surface area contributed by atoms with E-state index in [0.717, 1.165) is 5.56 Å². The molecule has 2 aromatic carbocycles. The Bertz CT molecular complexity index is 785. The molecule has 0 radical (unpaired) electrons. The van der Waals surface area contributed by atoms with Gasteiger partial charge in [0.2, 0.25) is 0 Å². The van der Waals surface area contributed by atoms with Crippen LogP contribution in [0.15, 0.2) is 36.4 Å². The summed E-state index contributed by atoms with van der Waals surface area (Å²) in [5.74, 6) is -0.462. The van der Waals surface area contributed by atoms with Gasteiger partial charge in [0.05, 0.1) is 0 Å². The molecule has 0 amide bonds. The zero-order valence-electron chi connectivity index (χ0n) is 11.2. The third-order valence-electron chi connectivity index (χ3n) is 3.65. The van der Waals surface area contributed by atoms with Crippen LogP contribution in [-0.2, 0) is 0 Å². The number of fused-ring (bicyclic) bond motifs is 2. The van der Waals surface area contributed by atoms with Crippen molar-refractivity contribution >= 4 is 17.3 Å². The van der Waals surface area contributed by atoms with Crippen molar-refractivity contribution in [2.45, 2.75) is 13.8 Å². The molecule has 0 atom stereocenters. The number of hydrogen-bond acceptors (Lipinski definition) is 3. The summed E-state index contributed by atoms with van der Waals surface area (Å²) in [5, 5.41) is 0. The molecule has 0 unspecified atom stereocenters. The summed E-state index contributed by atoms with van der Waals surface area (Å²) >= 11 is 0. The average Bonchev–Trinajstić information content (AvgIpc) is 2.44. The number of Topliss-reactive ketones (excluding diaryl/α,β-unsaturated/α-hetero) is 1. The van der Waals surface area contributed by atoms with Crippen LogP contribution in [0.25, 0.3) is 0 Å². The van der Waals surface area contributed by atoms with Crippen molar-refractivity contribution in [2.75, 3.05) is 0 Å². The van der Waals surface area contributed by atoms with E-state index < -0.39 is 0 Å². The smallest absolute Gasteiger partial charge is 0.194 e. The molecule has 1 aliphatic rings. The highest BCUT2D eigenvalue weighted by atomic mass is 16.1. The number of carbonyl (C=O) groups excluding carboxylic acids is 3. The molecule has 3 nitrogen and oxygen atoms in total. The minimum Gasteiger partial charge on any atom is -0.295 e. The van der Waals surface area contributed by atoms with E-state index in [1.54, 1.807) is 43.3 Å². The van der Waals surface area contributed by atoms with Gasteiger partial charge in [0.1, 0.15) is 0 Å². The van der Waals surface area contributed by atoms with E-state index in [1.165, 1.54) is 6.92 Å². The summed E-state index contributed by atoms with van der Waals surface area (Å²) in [6.45, 7) is 3.23. The van der Waals surface area contributed by atoms with Gasteiger partial charge in [0, 0.05) is 27.8 Å². The molecule has 0 fully saturated rings. The highest BCUT2D eigenvalue weighted by Gasteiger charge is 2.30. The van der Waals surface area contributed by atoms with Crippen molar-refractivity contribution in [3.8, 4) is 0 Å². The number of aryl methyl sites for hydroxylation is 1. The lowest BCUT2D eigenvalue weighted by atomic mass is 9.82. The third-order valence-corrected chi connectivity index (χ3v) is 3.65. The van der Waals surface area contributed by atoms with Crippen LogP contribution in [0, 0.1) is 6.92 Å². The maximum absolute atomic E-state index is 12.5. The first kappa shape index (κ1) is 12.5. The Morgan fingerprint density at radius 1 is 0.850 bits per heavy atom. The molecule has 98 valence electrons. The number of ketones is 3. The van der Waals surface area contributed by atoms with Crippen molar-refractivity contribution in [1.82, 2.24) is 0 Å². The second kappa shape index (κ2) is 4.23. The summed E-state index contributed by atoms with van der Waals surface area (Å²) in [7, 11) is 0. The van der Waals surface area contributed by atoms with Gasteiger partial charge in [0.25, 0.3) is 0 Å². The maximum Gasteiger partial charge on any atom is 0.194 e. The Labute approximate surface area is 116 Å². The van der Waals surface area contributed by atoms with Gasteiger partial charge in [-0.15, -0.1) is 0 Å². The third kappa shape index (κ3) is 1.63. The first-order valence-corrected chi connectivity index (χ1v) is 6.34. The van der Waals surface area contributed by atoms with Crippen molar-refractivity contribution in [2.24, 2.45) is 0 Å². The van der Waals surface area contributed by atoms with Crippen molar-refractivity contribution in [1.29, 1.82) is 0 Å². The Morgan fingerprint density at radius 2 is 1.35 bits per heavy atom. The molecular weight excluding hydrogens is 252 g/mol. The Hall–Kier alpha value is -2.55. The molecule has 20 heavy (non-hydrogen) atoms. The predicted octanol–water partition coefficient (Wildman–Crippen LogP) is 2.97. The van der Waals surface area contributed by atoms with E-state index in [1.807, 2.05) is 0 Å². The molecule has 3 rings (SSSR count). The molecular formula is C17H12O3. The fourth-order valence-electron chi connectivity index (χ4n) is 2.63. The van der Waals surface area contributed by atoms with Crippen LogP contribution in [0.2, 0.25) is 0 Å². The van der Waals surface area contributed by atoms with Crippen LogP contribution in [-0.4, -0.2) is 17.3 Å². The van der Waals surface area contributed by atoms with Crippen molar-refractivity contribution < 1.29 is 14.4 Å². The Kier molecular flexibility index (Phi) is 2.64. The quantitative estimate of drug-likeness (QED) is 0.635. The second-order valence-electron chi connectivity index (χ2n) is 4.97. The number of rotatable bonds is 1. The molecule has 0 aliphatic heterocycles. The van der Waals surface area contributed by atoms with E-state index in [2.05, 4.69) is 0 Å². The van der Waals surface area contributed by atoms with Crippen molar-refractivity contribution in [3.63, 3.8) is 0 Å². The maximum atomic E-state index is 12.5. The highest BCUT2D eigenvalue weighted by molar-refractivity contribution is 6.28. The molecule has 0 saturated carbocycles. The number of hydrogen-bond donors (Lipinski definition) is 0. The van der Waals surface area contributed by atoms with Crippen LogP contribution in [0.3, 0.4) is 0 Å². The average molecular weight is 264 g/mol. The Morgan fingerprint density at radius 3 is 1.85 bits per heavy atom. The van der Waals surface area contributed by atoms with Crippen LogP contribution in [0.4, 0.5) is 0 Å². The van der Waals surface area contributed by atoms with Gasteiger partial charge in [-0.25, -0.2) is 0 Å². The molecule has 1 aliphatic carbocycles. The van der Waals surface area contributed by atoms with E-state index in [-0.39, 0.29) is 17.3 Å². The predicted molar refractivity (Wildman–Crippen MR) is 74.5 cm³/mol. The summed E-state index contributed by atoms with van der Waals surface area (Å²) in [4.78, 5) is 36.5. The van der Waals surface area contributed by atoms with Crippen LogP contribution in [0.1, 0.15) is 54.7 Å². The molecule has 0 spiro atoms. The zero-order chi connectivity index (χ0) is 14.4. The second-order valence-corrected chi connectivity index (χ2v) is 4.97. The summed E-state index contributed by atoms with van der Waals surface area (Å²) in [6.07, 6.45) is 0. The number of benzene rings is 2. The molecule has 0 saturated heterocycles. The van der Waals surface area contributed by atoms with Gasteiger partial charge in [-0.1, -0.05) is 24.3 Å². The molecule has 0 N–H and O–H groups in total. The molecule has 3 heteroatoms. The largest absolute Gasteiger partial charge is 0.295 e.